The molecule has 18 heavy (non-hydrogen) atoms. The van der Waals surface area contributed by atoms with Crippen LogP contribution >= 0.6 is 15.9 Å². The average molecular weight is 312 g/mol. The number of hydrogen-bond acceptors (Lipinski definition) is 3. The second-order valence-corrected chi connectivity index (χ2v) is 4.90. The van der Waals surface area contributed by atoms with Crippen molar-refractivity contribution in [2.24, 2.45) is 0 Å². The molecule has 0 fully saturated rings. The molecule has 0 saturated carbocycles. The Balaban J connectivity index is 2.49. The number of pyridine rings is 1. The molecule has 0 aromatic carbocycles. The first-order valence-corrected chi connectivity index (χ1v) is 5.99. The first kappa shape index (κ1) is 12.8. The quantitative estimate of drug-likeness (QED) is 0.645. The third-order valence-electron chi connectivity index (χ3n) is 2.30. The van der Waals surface area contributed by atoms with E-state index in [9.17, 15) is 9.18 Å². The number of hydrogen-bond donors (Lipinski definition) is 0. The maximum absolute atomic E-state index is 13.6. The fourth-order valence-electron chi connectivity index (χ4n) is 1.50. The minimum atomic E-state index is -0.472. The topological polar surface area (TPSA) is 37.6 Å². The molecule has 0 atom stereocenters. The van der Waals surface area contributed by atoms with Crippen molar-refractivity contribution in [3.05, 3.63) is 46.7 Å². The highest BCUT2D eigenvalue weighted by molar-refractivity contribution is 9.10. The Morgan fingerprint density at radius 3 is 2.94 bits per heavy atom. The van der Waals surface area contributed by atoms with Crippen LogP contribution in [0.3, 0.4) is 0 Å². The van der Waals surface area contributed by atoms with Gasteiger partial charge in [0.2, 0.25) is 5.78 Å². The molecule has 2 aromatic heterocycles. The van der Waals surface area contributed by atoms with Crippen molar-refractivity contribution in [2.75, 3.05) is 14.1 Å². The van der Waals surface area contributed by atoms with Crippen LogP contribution in [0, 0.1) is 5.82 Å². The van der Waals surface area contributed by atoms with Gasteiger partial charge in [-0.3, -0.25) is 9.20 Å². The van der Waals surface area contributed by atoms with Crippen LogP contribution in [0.15, 0.2) is 35.2 Å². The zero-order valence-electron chi connectivity index (χ0n) is 9.89. The van der Waals surface area contributed by atoms with Gasteiger partial charge in [0.05, 0.1) is 6.20 Å². The van der Waals surface area contributed by atoms with E-state index in [0.29, 0.717) is 10.2 Å². The smallest absolute Gasteiger partial charge is 0.205 e. The van der Waals surface area contributed by atoms with Crippen molar-refractivity contribution >= 4 is 27.4 Å². The summed E-state index contributed by atoms with van der Waals surface area (Å²) in [4.78, 5) is 17.6. The summed E-state index contributed by atoms with van der Waals surface area (Å²) in [7, 11) is 3.63. The van der Waals surface area contributed by atoms with Crippen LogP contribution < -0.4 is 0 Å². The molecule has 0 unspecified atom stereocenters. The molecule has 2 heterocycles. The number of imidazole rings is 1. The van der Waals surface area contributed by atoms with E-state index in [1.165, 1.54) is 22.7 Å². The highest BCUT2D eigenvalue weighted by Gasteiger charge is 2.13. The molecule has 0 amide bonds. The Labute approximate surface area is 112 Å². The van der Waals surface area contributed by atoms with Crippen LogP contribution in [-0.2, 0) is 0 Å². The molecule has 0 saturated heterocycles. The van der Waals surface area contributed by atoms with Gasteiger partial charge in [-0.25, -0.2) is 9.37 Å². The zero-order valence-corrected chi connectivity index (χ0v) is 11.5. The van der Waals surface area contributed by atoms with Gasteiger partial charge in [0, 0.05) is 37.0 Å². The predicted molar refractivity (Wildman–Crippen MR) is 70.0 cm³/mol. The molecule has 0 aliphatic heterocycles. The van der Waals surface area contributed by atoms with Crippen molar-refractivity contribution in [3.8, 4) is 0 Å². The van der Waals surface area contributed by atoms with Gasteiger partial charge in [-0.15, -0.1) is 0 Å². The first-order valence-electron chi connectivity index (χ1n) is 5.20. The summed E-state index contributed by atoms with van der Waals surface area (Å²) in [5.41, 5.74) is 0.461. The third-order valence-corrected chi connectivity index (χ3v) is 2.74. The molecule has 0 aliphatic carbocycles. The van der Waals surface area contributed by atoms with Crippen LogP contribution in [-0.4, -0.2) is 34.2 Å². The number of carbonyl (C=O) groups is 1. The molecule has 6 heteroatoms. The molecule has 2 rings (SSSR count). The fourth-order valence-corrected chi connectivity index (χ4v) is 1.90. The molecule has 0 spiro atoms. The van der Waals surface area contributed by atoms with Gasteiger partial charge in [-0.2, -0.15) is 0 Å². The number of aromatic nitrogens is 2. The number of nitrogens with zero attached hydrogens (tertiary/aromatic N) is 3. The summed E-state index contributed by atoms with van der Waals surface area (Å²) in [6.07, 6.45) is 6.04. The fraction of sp³-hybridized carbons (Fsp3) is 0.167. The van der Waals surface area contributed by atoms with E-state index in [1.807, 2.05) is 14.1 Å². The Morgan fingerprint density at radius 2 is 2.28 bits per heavy atom. The monoisotopic (exact) mass is 311 g/mol. The highest BCUT2D eigenvalue weighted by Crippen LogP contribution is 2.17. The number of carbonyl (C=O) groups excluding carboxylic acids is 1. The molecule has 0 radical (unpaired) electrons. The van der Waals surface area contributed by atoms with Crippen LogP contribution in [0.2, 0.25) is 0 Å². The lowest BCUT2D eigenvalue weighted by molar-refractivity contribution is 0.104. The standard InChI is InChI=1S/C12H11BrFN3O/c1-16(2)4-3-11(18)10-6-15-12-9(14)5-8(13)7-17(10)12/h3-7H,1-2H3. The lowest BCUT2D eigenvalue weighted by Crippen LogP contribution is -2.05. The van der Waals surface area contributed by atoms with Crippen molar-refractivity contribution in [1.29, 1.82) is 0 Å². The van der Waals surface area contributed by atoms with Crippen LogP contribution in [0.25, 0.3) is 5.65 Å². The van der Waals surface area contributed by atoms with Crippen molar-refractivity contribution in [3.63, 3.8) is 0 Å². The maximum atomic E-state index is 13.6. The summed E-state index contributed by atoms with van der Waals surface area (Å²) in [6.45, 7) is 0. The largest absolute Gasteiger partial charge is 0.383 e. The average Bonchev–Trinajstić information content (AvgIpc) is 2.69. The van der Waals surface area contributed by atoms with E-state index in [-0.39, 0.29) is 11.4 Å². The number of ketones is 1. The molecule has 2 aromatic rings. The lowest BCUT2D eigenvalue weighted by atomic mass is 10.3. The molecular weight excluding hydrogens is 301 g/mol. The Morgan fingerprint density at radius 1 is 1.56 bits per heavy atom. The first-order chi connectivity index (χ1) is 8.49. The van der Waals surface area contributed by atoms with Crippen molar-refractivity contribution < 1.29 is 9.18 Å². The normalized spacial score (nSPS) is 11.3. The van der Waals surface area contributed by atoms with Crippen molar-refractivity contribution in [2.45, 2.75) is 0 Å². The van der Waals surface area contributed by atoms with Crippen LogP contribution in [0.5, 0.6) is 0 Å². The molecule has 4 nitrogen and oxygen atoms in total. The molecule has 94 valence electrons. The van der Waals surface area contributed by atoms with Crippen LogP contribution in [0.4, 0.5) is 4.39 Å². The van der Waals surface area contributed by atoms with Crippen LogP contribution in [0.1, 0.15) is 10.5 Å². The zero-order chi connectivity index (χ0) is 13.3. The van der Waals surface area contributed by atoms with E-state index in [1.54, 1.807) is 17.3 Å². The minimum Gasteiger partial charge on any atom is -0.383 e. The Bertz CT molecular complexity index is 634. The number of halogens is 2. The second kappa shape index (κ2) is 4.89. The molecule has 0 N–H and O–H groups in total. The highest BCUT2D eigenvalue weighted by atomic mass is 79.9. The molecule has 0 bridgehead atoms. The van der Waals surface area contributed by atoms with E-state index >= 15 is 0 Å². The van der Waals surface area contributed by atoms with Gasteiger partial charge in [0.1, 0.15) is 5.69 Å². The summed E-state index contributed by atoms with van der Waals surface area (Å²) >= 11 is 3.19. The van der Waals surface area contributed by atoms with E-state index in [0.717, 1.165) is 0 Å². The Hall–Kier alpha value is -1.69. The SMILES string of the molecule is CN(C)C=CC(=O)c1cnc2c(F)cc(Br)cn12. The second-order valence-electron chi connectivity index (χ2n) is 3.99. The number of allylic oxidation sites excluding steroid dienone is 1. The van der Waals surface area contributed by atoms with E-state index in [2.05, 4.69) is 20.9 Å². The molecule has 0 aliphatic rings. The van der Waals surface area contributed by atoms with Gasteiger partial charge < -0.3 is 4.90 Å². The lowest BCUT2D eigenvalue weighted by Gasteiger charge is -2.03. The summed E-state index contributed by atoms with van der Waals surface area (Å²) < 4.78 is 15.6. The minimum absolute atomic E-state index is 0.139. The van der Waals surface area contributed by atoms with Gasteiger partial charge >= 0.3 is 0 Å². The number of fused-ring (bicyclic) bond motifs is 1. The van der Waals surface area contributed by atoms with Crippen molar-refractivity contribution in [1.82, 2.24) is 14.3 Å². The molecular formula is C12H11BrFN3O. The Kier molecular flexibility index (Phi) is 3.47. The van der Waals surface area contributed by atoms with E-state index in [4.69, 9.17) is 0 Å². The third kappa shape index (κ3) is 2.43. The summed E-state index contributed by atoms with van der Waals surface area (Å²) in [6, 6.07) is 1.31. The summed E-state index contributed by atoms with van der Waals surface area (Å²) in [5.74, 6) is -0.700. The van der Waals surface area contributed by atoms with Gasteiger partial charge in [0.15, 0.2) is 11.5 Å². The predicted octanol–water partition coefficient (Wildman–Crippen LogP) is 2.49. The van der Waals surface area contributed by atoms with Gasteiger partial charge in [0.25, 0.3) is 0 Å². The number of rotatable bonds is 3. The van der Waals surface area contributed by atoms with Gasteiger partial charge in [-0.1, -0.05) is 0 Å². The summed E-state index contributed by atoms with van der Waals surface area (Å²) in [5, 5.41) is 0. The maximum Gasteiger partial charge on any atom is 0.205 e. The van der Waals surface area contributed by atoms with Gasteiger partial charge in [-0.05, 0) is 22.0 Å². The van der Waals surface area contributed by atoms with E-state index < -0.39 is 5.82 Å².